The van der Waals surface area contributed by atoms with Crippen molar-refractivity contribution >= 4 is 11.6 Å². The summed E-state index contributed by atoms with van der Waals surface area (Å²) in [5.74, 6) is -1.06. The summed E-state index contributed by atoms with van der Waals surface area (Å²) in [4.78, 5) is 13.1. The van der Waals surface area contributed by atoms with Gasteiger partial charge in [-0.2, -0.15) is 0 Å². The number of benzene rings is 1. The van der Waals surface area contributed by atoms with E-state index in [9.17, 15) is 9.18 Å². The van der Waals surface area contributed by atoms with E-state index in [1.807, 2.05) is 19.0 Å². The van der Waals surface area contributed by atoms with Crippen LogP contribution in [0.4, 0.5) is 10.1 Å². The van der Waals surface area contributed by atoms with Crippen molar-refractivity contribution in [1.29, 1.82) is 0 Å². The van der Waals surface area contributed by atoms with Gasteiger partial charge in [0, 0.05) is 19.3 Å². The highest BCUT2D eigenvalue weighted by molar-refractivity contribution is 5.98. The van der Waals surface area contributed by atoms with Crippen molar-refractivity contribution < 1.29 is 9.18 Å². The molecule has 0 fully saturated rings. The number of hydrogen-bond acceptors (Lipinski definition) is 3. The fraction of sp³-hybridized carbons (Fsp3) is 0.417. The van der Waals surface area contributed by atoms with E-state index < -0.39 is 11.7 Å². The summed E-state index contributed by atoms with van der Waals surface area (Å²) in [6, 6.07) is 4.08. The number of primary amides is 1. The number of halogens is 1. The van der Waals surface area contributed by atoms with Crippen molar-refractivity contribution in [3.05, 3.63) is 29.6 Å². The van der Waals surface area contributed by atoms with E-state index in [1.165, 1.54) is 12.1 Å². The summed E-state index contributed by atoms with van der Waals surface area (Å²) in [5.41, 5.74) is 6.11. The van der Waals surface area contributed by atoms with Gasteiger partial charge < -0.3 is 16.0 Å². The molecule has 1 amide bonds. The molecule has 0 aliphatic carbocycles. The monoisotopic (exact) mass is 239 g/mol. The molecule has 0 bridgehead atoms. The highest BCUT2D eigenvalue weighted by Crippen LogP contribution is 2.20. The zero-order chi connectivity index (χ0) is 12.8. The van der Waals surface area contributed by atoms with Crippen LogP contribution in [0, 0.1) is 5.82 Å². The minimum absolute atomic E-state index is 0.219. The maximum atomic E-state index is 13.0. The van der Waals surface area contributed by atoms with Gasteiger partial charge >= 0.3 is 0 Å². The minimum Gasteiger partial charge on any atom is -0.374 e. The van der Waals surface area contributed by atoms with Gasteiger partial charge in [0.05, 0.1) is 5.56 Å². The molecule has 0 radical (unpaired) electrons. The molecule has 0 aromatic heterocycles. The maximum absolute atomic E-state index is 13.0. The summed E-state index contributed by atoms with van der Waals surface area (Å²) in [7, 11) is 3.74. The zero-order valence-corrected chi connectivity index (χ0v) is 10.2. The Labute approximate surface area is 101 Å². The molecule has 0 aliphatic rings. The van der Waals surface area contributed by atoms with Crippen LogP contribution in [0.3, 0.4) is 0 Å². The first-order valence-corrected chi connectivity index (χ1v) is 5.51. The van der Waals surface area contributed by atoms with Crippen LogP contribution in [0.1, 0.15) is 16.8 Å². The van der Waals surface area contributed by atoms with E-state index in [0.29, 0.717) is 5.69 Å². The predicted octanol–water partition coefficient (Wildman–Crippen LogP) is 0.970. The Bertz CT molecular complexity index is 395. The summed E-state index contributed by atoms with van der Waals surface area (Å²) in [6.45, 7) is 1.66. The van der Waals surface area contributed by atoms with Gasteiger partial charge in [-0.05, 0) is 38.2 Å². The summed E-state index contributed by atoms with van der Waals surface area (Å²) in [6.07, 6.45) is 0.933. The zero-order valence-electron chi connectivity index (χ0n) is 10.2. The molecular formula is C12H18FN3O. The molecule has 1 aromatic rings. The molecule has 5 heteroatoms. The first kappa shape index (κ1) is 13.4. The molecule has 0 saturated heterocycles. The number of nitrogens with one attached hydrogen (secondary N) is 1. The normalized spacial score (nSPS) is 10.3. The Morgan fingerprint density at radius 2 is 2.24 bits per heavy atom. The van der Waals surface area contributed by atoms with Gasteiger partial charge in [-0.1, -0.05) is 0 Å². The Morgan fingerprint density at radius 1 is 1.53 bits per heavy atom. The van der Waals surface area contributed by atoms with Crippen molar-refractivity contribution in [1.82, 2.24) is 5.32 Å². The Morgan fingerprint density at radius 3 is 2.82 bits per heavy atom. The van der Waals surface area contributed by atoms with Gasteiger partial charge in [-0.3, -0.25) is 4.79 Å². The van der Waals surface area contributed by atoms with Crippen LogP contribution in [0.5, 0.6) is 0 Å². The molecule has 17 heavy (non-hydrogen) atoms. The molecule has 3 N–H and O–H groups in total. The first-order chi connectivity index (χ1) is 8.06. The van der Waals surface area contributed by atoms with Crippen molar-refractivity contribution in [3.63, 3.8) is 0 Å². The number of nitrogens with two attached hydrogens (primary N) is 1. The van der Waals surface area contributed by atoms with Gasteiger partial charge in [-0.15, -0.1) is 0 Å². The standard InChI is InChI=1S/C12H18FN3O/c1-15-6-3-7-16(2)11-5-4-9(13)8-10(11)12(14)17/h4-5,8,15H,3,6-7H2,1-2H3,(H2,14,17). The molecule has 1 aromatic carbocycles. The van der Waals surface area contributed by atoms with E-state index in [-0.39, 0.29) is 5.56 Å². The van der Waals surface area contributed by atoms with Crippen LogP contribution >= 0.6 is 0 Å². The van der Waals surface area contributed by atoms with Crippen LogP contribution in [-0.2, 0) is 0 Å². The Balaban J connectivity index is 2.84. The molecule has 94 valence electrons. The lowest BCUT2D eigenvalue weighted by Gasteiger charge is -2.21. The lowest BCUT2D eigenvalue weighted by molar-refractivity contribution is 0.100. The van der Waals surface area contributed by atoms with Crippen molar-refractivity contribution in [3.8, 4) is 0 Å². The molecular weight excluding hydrogens is 221 g/mol. The largest absolute Gasteiger partial charge is 0.374 e. The summed E-state index contributed by atoms with van der Waals surface area (Å²) >= 11 is 0. The quantitative estimate of drug-likeness (QED) is 0.727. The van der Waals surface area contributed by atoms with Crippen molar-refractivity contribution in [2.45, 2.75) is 6.42 Å². The van der Waals surface area contributed by atoms with Gasteiger partial charge in [0.1, 0.15) is 5.82 Å². The second-order valence-corrected chi connectivity index (χ2v) is 3.90. The average molecular weight is 239 g/mol. The first-order valence-electron chi connectivity index (χ1n) is 5.51. The SMILES string of the molecule is CNCCCN(C)c1ccc(F)cc1C(N)=O. The Kier molecular flexibility index (Phi) is 4.90. The van der Waals surface area contributed by atoms with Gasteiger partial charge in [0.25, 0.3) is 5.91 Å². The number of carbonyl (C=O) groups is 1. The number of rotatable bonds is 6. The molecule has 4 nitrogen and oxygen atoms in total. The van der Waals surface area contributed by atoms with Gasteiger partial charge in [0.2, 0.25) is 0 Å². The van der Waals surface area contributed by atoms with E-state index >= 15 is 0 Å². The molecule has 0 atom stereocenters. The third kappa shape index (κ3) is 3.71. The fourth-order valence-corrected chi connectivity index (χ4v) is 1.65. The van der Waals surface area contributed by atoms with Crippen molar-refractivity contribution in [2.24, 2.45) is 5.73 Å². The lowest BCUT2D eigenvalue weighted by Crippen LogP contribution is -2.25. The van der Waals surface area contributed by atoms with Crippen LogP contribution in [0.15, 0.2) is 18.2 Å². The third-order valence-electron chi connectivity index (χ3n) is 2.56. The number of amides is 1. The van der Waals surface area contributed by atoms with Crippen molar-refractivity contribution in [2.75, 3.05) is 32.1 Å². The van der Waals surface area contributed by atoms with Crippen LogP contribution in [0.25, 0.3) is 0 Å². The second kappa shape index (κ2) is 6.20. The number of nitrogens with zero attached hydrogens (tertiary/aromatic N) is 1. The number of hydrogen-bond donors (Lipinski definition) is 2. The maximum Gasteiger partial charge on any atom is 0.250 e. The highest BCUT2D eigenvalue weighted by atomic mass is 19.1. The van der Waals surface area contributed by atoms with Crippen LogP contribution < -0.4 is 16.0 Å². The van der Waals surface area contributed by atoms with Gasteiger partial charge in [-0.25, -0.2) is 4.39 Å². The third-order valence-corrected chi connectivity index (χ3v) is 2.56. The van der Waals surface area contributed by atoms with E-state index in [0.717, 1.165) is 19.5 Å². The molecule has 0 heterocycles. The second-order valence-electron chi connectivity index (χ2n) is 3.90. The van der Waals surface area contributed by atoms with E-state index in [1.54, 1.807) is 6.07 Å². The molecule has 0 saturated carbocycles. The highest BCUT2D eigenvalue weighted by Gasteiger charge is 2.12. The molecule has 0 spiro atoms. The van der Waals surface area contributed by atoms with Crippen LogP contribution in [0.2, 0.25) is 0 Å². The van der Waals surface area contributed by atoms with Gasteiger partial charge in [0.15, 0.2) is 0 Å². The molecule has 0 aliphatic heterocycles. The number of carbonyl (C=O) groups excluding carboxylic acids is 1. The fourth-order valence-electron chi connectivity index (χ4n) is 1.65. The van der Waals surface area contributed by atoms with Crippen LogP contribution in [-0.4, -0.2) is 33.1 Å². The number of anilines is 1. The smallest absolute Gasteiger partial charge is 0.250 e. The lowest BCUT2D eigenvalue weighted by atomic mass is 10.1. The topological polar surface area (TPSA) is 58.4 Å². The summed E-state index contributed by atoms with van der Waals surface area (Å²) in [5, 5.41) is 3.04. The minimum atomic E-state index is -0.611. The molecule has 0 unspecified atom stereocenters. The summed E-state index contributed by atoms with van der Waals surface area (Å²) < 4.78 is 13.0. The van der Waals surface area contributed by atoms with E-state index in [2.05, 4.69) is 5.32 Å². The predicted molar refractivity (Wildman–Crippen MR) is 66.7 cm³/mol. The average Bonchev–Trinajstić information content (AvgIpc) is 2.29. The molecule has 1 rings (SSSR count). The van der Waals surface area contributed by atoms with E-state index in [4.69, 9.17) is 5.73 Å². The Hall–Kier alpha value is -1.62.